The highest BCUT2D eigenvalue weighted by Crippen LogP contribution is 2.29. The highest BCUT2D eigenvalue weighted by atomic mass is 16.1. The number of nitrogens with zero attached hydrogens (tertiary/aromatic N) is 2. The Bertz CT molecular complexity index is 579. The Kier molecular flexibility index (Phi) is 5.21. The van der Waals surface area contributed by atoms with Crippen LogP contribution in [0.15, 0.2) is 60.7 Å². The second-order valence-electron chi connectivity index (χ2n) is 6.24. The van der Waals surface area contributed by atoms with E-state index in [0.717, 1.165) is 26.2 Å². The normalized spacial score (nSPS) is 16.6. The maximum absolute atomic E-state index is 11.3. The number of carbonyl (C=O) groups is 1. The Morgan fingerprint density at radius 1 is 0.870 bits per heavy atom. The van der Waals surface area contributed by atoms with Crippen LogP contribution in [0.25, 0.3) is 0 Å². The van der Waals surface area contributed by atoms with Crippen molar-refractivity contribution in [2.24, 2.45) is 0 Å². The van der Waals surface area contributed by atoms with Crippen molar-refractivity contribution in [3.05, 3.63) is 71.8 Å². The van der Waals surface area contributed by atoms with E-state index in [9.17, 15) is 4.79 Å². The molecule has 0 bridgehead atoms. The van der Waals surface area contributed by atoms with Gasteiger partial charge in [-0.3, -0.25) is 14.6 Å². The summed E-state index contributed by atoms with van der Waals surface area (Å²) in [5.41, 5.74) is 2.66. The van der Waals surface area contributed by atoms with Crippen LogP contribution in [0.1, 0.15) is 24.1 Å². The number of hydrogen-bond donors (Lipinski definition) is 0. The van der Waals surface area contributed by atoms with Crippen molar-refractivity contribution in [1.82, 2.24) is 9.80 Å². The summed E-state index contributed by atoms with van der Waals surface area (Å²) >= 11 is 0. The Morgan fingerprint density at radius 3 is 1.78 bits per heavy atom. The van der Waals surface area contributed by atoms with Crippen LogP contribution in [0.5, 0.6) is 0 Å². The molecule has 3 nitrogen and oxygen atoms in total. The number of ketones is 1. The molecule has 2 aromatic rings. The van der Waals surface area contributed by atoms with Gasteiger partial charge in [-0.05, 0) is 18.1 Å². The largest absolute Gasteiger partial charge is 0.299 e. The summed E-state index contributed by atoms with van der Waals surface area (Å²) in [5, 5.41) is 0. The third-order valence-corrected chi connectivity index (χ3v) is 4.45. The first kappa shape index (κ1) is 15.9. The number of hydrogen-bond acceptors (Lipinski definition) is 3. The molecule has 0 aliphatic carbocycles. The Balaban J connectivity index is 1.79. The number of carbonyl (C=O) groups excluding carboxylic acids is 1. The topological polar surface area (TPSA) is 23.6 Å². The number of Topliss-reactive ketones (excluding diaryl/α,β-unsaturated/α-hetero) is 1. The van der Waals surface area contributed by atoms with E-state index >= 15 is 0 Å². The van der Waals surface area contributed by atoms with E-state index in [0.29, 0.717) is 6.54 Å². The number of benzene rings is 2. The molecule has 0 amide bonds. The molecule has 0 spiro atoms. The zero-order chi connectivity index (χ0) is 16.1. The lowest BCUT2D eigenvalue weighted by Gasteiger charge is -2.39. The number of rotatable bonds is 5. The van der Waals surface area contributed by atoms with E-state index in [1.54, 1.807) is 6.92 Å². The minimum atomic E-state index is 0.251. The first-order valence-electron chi connectivity index (χ1n) is 8.30. The lowest BCUT2D eigenvalue weighted by Crippen LogP contribution is -2.48. The van der Waals surface area contributed by atoms with Crippen molar-refractivity contribution >= 4 is 5.78 Å². The van der Waals surface area contributed by atoms with Crippen LogP contribution >= 0.6 is 0 Å². The van der Waals surface area contributed by atoms with E-state index < -0.39 is 0 Å². The summed E-state index contributed by atoms with van der Waals surface area (Å²) in [6, 6.07) is 21.7. The quantitative estimate of drug-likeness (QED) is 0.848. The van der Waals surface area contributed by atoms with Crippen LogP contribution in [-0.2, 0) is 4.79 Å². The summed E-state index contributed by atoms with van der Waals surface area (Å²) in [5.74, 6) is 0.251. The standard InChI is InChI=1S/C20H24N2O/c1-17(23)16-21-12-14-22(15-13-21)20(18-8-4-2-5-9-18)19-10-6-3-7-11-19/h2-11,20H,12-16H2,1H3. The minimum absolute atomic E-state index is 0.251. The fourth-order valence-corrected chi connectivity index (χ4v) is 3.38. The highest BCUT2D eigenvalue weighted by Gasteiger charge is 2.26. The molecule has 120 valence electrons. The van der Waals surface area contributed by atoms with E-state index in [2.05, 4.69) is 70.5 Å². The molecular formula is C20H24N2O. The van der Waals surface area contributed by atoms with Gasteiger partial charge in [-0.2, -0.15) is 0 Å². The van der Waals surface area contributed by atoms with Gasteiger partial charge in [-0.25, -0.2) is 0 Å². The average Bonchev–Trinajstić information content (AvgIpc) is 2.58. The molecule has 0 radical (unpaired) electrons. The predicted molar refractivity (Wildman–Crippen MR) is 93.4 cm³/mol. The van der Waals surface area contributed by atoms with Gasteiger partial charge >= 0.3 is 0 Å². The van der Waals surface area contributed by atoms with Crippen LogP contribution in [0, 0.1) is 0 Å². The Labute approximate surface area is 138 Å². The molecule has 0 N–H and O–H groups in total. The SMILES string of the molecule is CC(=O)CN1CCN(C(c2ccccc2)c2ccccc2)CC1. The molecule has 1 saturated heterocycles. The van der Waals surface area contributed by atoms with Gasteiger partial charge in [0.15, 0.2) is 0 Å². The molecule has 0 saturated carbocycles. The van der Waals surface area contributed by atoms with Gasteiger partial charge in [-0.1, -0.05) is 60.7 Å². The van der Waals surface area contributed by atoms with Gasteiger partial charge in [0.1, 0.15) is 5.78 Å². The summed E-state index contributed by atoms with van der Waals surface area (Å²) in [4.78, 5) is 16.1. The van der Waals surface area contributed by atoms with E-state index in [-0.39, 0.29) is 11.8 Å². The lowest BCUT2D eigenvalue weighted by molar-refractivity contribution is -0.118. The second kappa shape index (κ2) is 7.53. The molecule has 0 aromatic heterocycles. The van der Waals surface area contributed by atoms with E-state index in [1.165, 1.54) is 11.1 Å². The maximum Gasteiger partial charge on any atom is 0.143 e. The average molecular weight is 308 g/mol. The first-order chi connectivity index (χ1) is 11.2. The number of piperazine rings is 1. The fraction of sp³-hybridized carbons (Fsp3) is 0.350. The molecule has 1 aliphatic rings. The van der Waals surface area contributed by atoms with Gasteiger partial charge < -0.3 is 0 Å². The molecule has 0 unspecified atom stereocenters. The van der Waals surface area contributed by atoms with Crippen molar-refractivity contribution in [1.29, 1.82) is 0 Å². The molecule has 3 rings (SSSR count). The van der Waals surface area contributed by atoms with Gasteiger partial charge in [0.05, 0.1) is 12.6 Å². The van der Waals surface area contributed by atoms with Crippen molar-refractivity contribution in [3.8, 4) is 0 Å². The smallest absolute Gasteiger partial charge is 0.143 e. The minimum Gasteiger partial charge on any atom is -0.299 e. The van der Waals surface area contributed by atoms with Crippen molar-refractivity contribution in [2.75, 3.05) is 32.7 Å². The summed E-state index contributed by atoms with van der Waals surface area (Å²) in [6.45, 7) is 6.13. The molecule has 1 fully saturated rings. The zero-order valence-electron chi connectivity index (χ0n) is 13.7. The molecule has 1 aliphatic heterocycles. The molecule has 3 heteroatoms. The van der Waals surface area contributed by atoms with Crippen molar-refractivity contribution in [3.63, 3.8) is 0 Å². The molecule has 2 aromatic carbocycles. The van der Waals surface area contributed by atoms with Crippen molar-refractivity contribution in [2.45, 2.75) is 13.0 Å². The Hall–Kier alpha value is -1.97. The summed E-state index contributed by atoms with van der Waals surface area (Å²) < 4.78 is 0. The van der Waals surface area contributed by atoms with Crippen molar-refractivity contribution < 1.29 is 4.79 Å². The monoisotopic (exact) mass is 308 g/mol. The maximum atomic E-state index is 11.3. The summed E-state index contributed by atoms with van der Waals surface area (Å²) in [7, 11) is 0. The van der Waals surface area contributed by atoms with Crippen LogP contribution in [0.3, 0.4) is 0 Å². The summed E-state index contributed by atoms with van der Waals surface area (Å²) in [6.07, 6.45) is 0. The van der Waals surface area contributed by atoms with Crippen LogP contribution in [-0.4, -0.2) is 48.3 Å². The van der Waals surface area contributed by atoms with E-state index in [4.69, 9.17) is 0 Å². The first-order valence-corrected chi connectivity index (χ1v) is 8.30. The highest BCUT2D eigenvalue weighted by molar-refractivity contribution is 5.77. The zero-order valence-corrected chi connectivity index (χ0v) is 13.7. The van der Waals surface area contributed by atoms with E-state index in [1.807, 2.05) is 0 Å². The van der Waals surface area contributed by atoms with Crippen LogP contribution in [0.2, 0.25) is 0 Å². The van der Waals surface area contributed by atoms with Crippen LogP contribution < -0.4 is 0 Å². The Morgan fingerprint density at radius 2 is 1.35 bits per heavy atom. The predicted octanol–water partition coefficient (Wildman–Crippen LogP) is 2.98. The second-order valence-corrected chi connectivity index (χ2v) is 6.24. The molecule has 1 heterocycles. The van der Waals surface area contributed by atoms with Crippen LogP contribution in [0.4, 0.5) is 0 Å². The van der Waals surface area contributed by atoms with Gasteiger partial charge in [-0.15, -0.1) is 0 Å². The third kappa shape index (κ3) is 4.06. The fourth-order valence-electron chi connectivity index (χ4n) is 3.38. The van der Waals surface area contributed by atoms with Gasteiger partial charge in [0.25, 0.3) is 0 Å². The van der Waals surface area contributed by atoms with Gasteiger partial charge in [0, 0.05) is 26.2 Å². The molecular weight excluding hydrogens is 284 g/mol. The molecule has 0 atom stereocenters. The lowest BCUT2D eigenvalue weighted by atomic mass is 9.96. The molecule has 23 heavy (non-hydrogen) atoms. The third-order valence-electron chi connectivity index (χ3n) is 4.45. The van der Waals surface area contributed by atoms with Gasteiger partial charge in [0.2, 0.25) is 0 Å².